The zero-order valence-electron chi connectivity index (χ0n) is 11.6. The van der Waals surface area contributed by atoms with E-state index in [9.17, 15) is 14.9 Å². The second-order valence-electron chi connectivity index (χ2n) is 5.30. The molecule has 1 aliphatic rings. The molecule has 0 spiro atoms. The summed E-state index contributed by atoms with van der Waals surface area (Å²) in [6.07, 6.45) is 3.23. The number of nitro groups is 1. The standard InChI is InChI=1S/C14H18N2O4/c1-9-4-3-5-10(2)15(9)11-6-7-12(14(17)18)13(8-11)16(19)20/h6-10H,3-5H2,1-2H3,(H,17,18). The average molecular weight is 278 g/mol. The molecule has 1 aliphatic heterocycles. The predicted molar refractivity (Wildman–Crippen MR) is 75.3 cm³/mol. The number of rotatable bonds is 3. The van der Waals surface area contributed by atoms with Gasteiger partial charge in [-0.2, -0.15) is 0 Å². The fourth-order valence-corrected chi connectivity index (χ4v) is 2.94. The van der Waals surface area contributed by atoms with Crippen LogP contribution in [-0.2, 0) is 0 Å². The Labute approximate surface area is 117 Å². The van der Waals surface area contributed by atoms with E-state index in [1.807, 2.05) is 0 Å². The van der Waals surface area contributed by atoms with Gasteiger partial charge in [-0.15, -0.1) is 0 Å². The minimum Gasteiger partial charge on any atom is -0.477 e. The SMILES string of the molecule is CC1CCCC(C)N1c1ccc(C(=O)O)c([N+](=O)[O-])c1. The van der Waals surface area contributed by atoms with Crippen LogP contribution >= 0.6 is 0 Å². The lowest BCUT2D eigenvalue weighted by molar-refractivity contribution is -0.385. The molecule has 1 N–H and O–H groups in total. The van der Waals surface area contributed by atoms with Crippen molar-refractivity contribution in [2.24, 2.45) is 0 Å². The molecule has 2 unspecified atom stereocenters. The summed E-state index contributed by atoms with van der Waals surface area (Å²) in [6, 6.07) is 4.96. The summed E-state index contributed by atoms with van der Waals surface area (Å²) < 4.78 is 0. The quantitative estimate of drug-likeness (QED) is 0.678. The minimum absolute atomic E-state index is 0.268. The molecule has 0 aliphatic carbocycles. The minimum atomic E-state index is -1.28. The van der Waals surface area contributed by atoms with Crippen molar-refractivity contribution in [2.75, 3.05) is 4.90 Å². The van der Waals surface area contributed by atoms with Gasteiger partial charge in [-0.1, -0.05) is 0 Å². The molecule has 1 saturated heterocycles. The van der Waals surface area contributed by atoms with Gasteiger partial charge in [0.15, 0.2) is 0 Å². The first-order valence-corrected chi connectivity index (χ1v) is 6.72. The van der Waals surface area contributed by atoms with Gasteiger partial charge in [0.1, 0.15) is 5.56 Å². The highest BCUT2D eigenvalue weighted by atomic mass is 16.6. The molecular formula is C14H18N2O4. The van der Waals surface area contributed by atoms with Crippen LogP contribution in [0.3, 0.4) is 0 Å². The van der Waals surface area contributed by atoms with Crippen LogP contribution in [-0.4, -0.2) is 28.1 Å². The van der Waals surface area contributed by atoms with E-state index in [0.29, 0.717) is 12.1 Å². The van der Waals surface area contributed by atoms with Gasteiger partial charge in [0.25, 0.3) is 5.69 Å². The lowest BCUT2D eigenvalue weighted by Gasteiger charge is -2.40. The van der Waals surface area contributed by atoms with Gasteiger partial charge in [0, 0.05) is 23.8 Å². The van der Waals surface area contributed by atoms with Crippen LogP contribution in [0.1, 0.15) is 43.5 Å². The average Bonchev–Trinajstić information content (AvgIpc) is 2.38. The summed E-state index contributed by atoms with van der Waals surface area (Å²) in [5.41, 5.74) is 0.109. The fraction of sp³-hybridized carbons (Fsp3) is 0.500. The van der Waals surface area contributed by atoms with E-state index < -0.39 is 10.9 Å². The van der Waals surface area contributed by atoms with Crippen LogP contribution in [0.4, 0.5) is 11.4 Å². The van der Waals surface area contributed by atoms with E-state index in [0.717, 1.165) is 24.9 Å². The van der Waals surface area contributed by atoms with Crippen LogP contribution in [0, 0.1) is 10.1 Å². The number of piperidine rings is 1. The van der Waals surface area contributed by atoms with Crippen LogP contribution < -0.4 is 4.90 Å². The molecule has 0 radical (unpaired) electrons. The number of carboxylic acids is 1. The second kappa shape index (κ2) is 5.48. The van der Waals surface area contributed by atoms with Gasteiger partial charge in [-0.25, -0.2) is 4.79 Å². The Bertz CT molecular complexity index is 534. The van der Waals surface area contributed by atoms with E-state index in [-0.39, 0.29) is 11.3 Å². The molecule has 1 aromatic rings. The van der Waals surface area contributed by atoms with Crippen molar-refractivity contribution < 1.29 is 14.8 Å². The van der Waals surface area contributed by atoms with Crippen LogP contribution in [0.15, 0.2) is 18.2 Å². The maximum atomic E-state index is 11.0. The molecule has 0 aromatic heterocycles. The van der Waals surface area contributed by atoms with Crippen molar-refractivity contribution >= 4 is 17.3 Å². The summed E-state index contributed by atoms with van der Waals surface area (Å²) in [6.45, 7) is 4.18. The predicted octanol–water partition coefficient (Wildman–Crippen LogP) is 3.06. The maximum absolute atomic E-state index is 11.0. The molecule has 0 bridgehead atoms. The molecule has 1 heterocycles. The molecule has 2 rings (SSSR count). The first-order valence-electron chi connectivity index (χ1n) is 6.72. The maximum Gasteiger partial charge on any atom is 0.342 e. The molecule has 6 nitrogen and oxygen atoms in total. The molecule has 0 amide bonds. The highest BCUT2D eigenvalue weighted by molar-refractivity contribution is 5.93. The van der Waals surface area contributed by atoms with Crippen molar-refractivity contribution in [2.45, 2.75) is 45.2 Å². The number of aromatic carboxylic acids is 1. The first kappa shape index (κ1) is 14.3. The zero-order chi connectivity index (χ0) is 14.9. The van der Waals surface area contributed by atoms with Gasteiger partial charge in [0.05, 0.1) is 4.92 Å². The smallest absolute Gasteiger partial charge is 0.342 e. The van der Waals surface area contributed by atoms with Crippen LogP contribution in [0.25, 0.3) is 0 Å². The normalized spacial score (nSPS) is 22.6. The molecule has 6 heteroatoms. The number of hydrogen-bond donors (Lipinski definition) is 1. The number of carbonyl (C=O) groups is 1. The highest BCUT2D eigenvalue weighted by Gasteiger charge is 2.28. The van der Waals surface area contributed by atoms with Crippen LogP contribution in [0.2, 0.25) is 0 Å². The van der Waals surface area contributed by atoms with E-state index in [4.69, 9.17) is 5.11 Å². The third kappa shape index (κ3) is 2.59. The molecule has 0 saturated carbocycles. The van der Waals surface area contributed by atoms with Gasteiger partial charge < -0.3 is 10.0 Å². The van der Waals surface area contributed by atoms with E-state index in [1.54, 1.807) is 6.07 Å². The highest BCUT2D eigenvalue weighted by Crippen LogP contribution is 2.32. The summed E-state index contributed by atoms with van der Waals surface area (Å²) in [4.78, 5) is 23.6. The molecule has 2 atom stereocenters. The monoisotopic (exact) mass is 278 g/mol. The Morgan fingerprint density at radius 3 is 2.45 bits per heavy atom. The van der Waals surface area contributed by atoms with Crippen molar-refractivity contribution in [1.29, 1.82) is 0 Å². The molecular weight excluding hydrogens is 260 g/mol. The summed E-state index contributed by atoms with van der Waals surface area (Å²) in [5, 5.41) is 20.0. The first-order chi connectivity index (χ1) is 9.41. The zero-order valence-corrected chi connectivity index (χ0v) is 11.6. The Hall–Kier alpha value is -2.11. The number of nitro benzene ring substituents is 1. The Morgan fingerprint density at radius 2 is 1.95 bits per heavy atom. The van der Waals surface area contributed by atoms with Crippen molar-refractivity contribution in [3.63, 3.8) is 0 Å². The van der Waals surface area contributed by atoms with Gasteiger partial charge in [0.2, 0.25) is 0 Å². The number of benzene rings is 1. The molecule has 20 heavy (non-hydrogen) atoms. The Balaban J connectivity index is 2.45. The van der Waals surface area contributed by atoms with Crippen molar-refractivity contribution in [3.8, 4) is 0 Å². The molecule has 108 valence electrons. The van der Waals surface area contributed by atoms with Crippen molar-refractivity contribution in [1.82, 2.24) is 0 Å². The summed E-state index contributed by atoms with van der Waals surface area (Å²) in [7, 11) is 0. The van der Waals surface area contributed by atoms with E-state index in [1.165, 1.54) is 12.1 Å². The van der Waals surface area contributed by atoms with E-state index in [2.05, 4.69) is 18.7 Å². The van der Waals surface area contributed by atoms with Gasteiger partial charge in [-0.3, -0.25) is 10.1 Å². The summed E-state index contributed by atoms with van der Waals surface area (Å²) >= 11 is 0. The topological polar surface area (TPSA) is 83.7 Å². The largest absolute Gasteiger partial charge is 0.477 e. The fourth-order valence-electron chi connectivity index (χ4n) is 2.94. The Morgan fingerprint density at radius 1 is 1.35 bits per heavy atom. The van der Waals surface area contributed by atoms with Gasteiger partial charge in [-0.05, 0) is 45.2 Å². The summed E-state index contributed by atoms with van der Waals surface area (Å²) in [5.74, 6) is -1.28. The third-order valence-electron chi connectivity index (χ3n) is 3.90. The number of carboxylic acid groups (broad SMARTS) is 1. The van der Waals surface area contributed by atoms with E-state index >= 15 is 0 Å². The lowest BCUT2D eigenvalue weighted by Crippen LogP contribution is -2.43. The lowest BCUT2D eigenvalue weighted by atomic mass is 9.96. The molecule has 1 aromatic carbocycles. The Kier molecular flexibility index (Phi) is 3.92. The van der Waals surface area contributed by atoms with Crippen LogP contribution in [0.5, 0.6) is 0 Å². The third-order valence-corrected chi connectivity index (χ3v) is 3.90. The molecule has 1 fully saturated rings. The number of nitrogens with zero attached hydrogens (tertiary/aromatic N) is 2. The number of hydrogen-bond acceptors (Lipinski definition) is 4. The number of anilines is 1. The van der Waals surface area contributed by atoms with Crippen molar-refractivity contribution in [3.05, 3.63) is 33.9 Å². The second-order valence-corrected chi connectivity index (χ2v) is 5.30. The van der Waals surface area contributed by atoms with Gasteiger partial charge >= 0.3 is 5.97 Å².